The molecule has 2 aliphatic rings. The van der Waals surface area contributed by atoms with Crippen LogP contribution in [0.1, 0.15) is 35.1 Å². The zero-order valence-electron chi connectivity index (χ0n) is 8.15. The highest BCUT2D eigenvalue weighted by atomic mass is 79.9. The number of rotatable bonds is 0. The molecule has 3 rings (SSSR count). The molecule has 0 unspecified atom stereocenters. The Morgan fingerprint density at radius 3 is 2.86 bits per heavy atom. The van der Waals surface area contributed by atoms with Crippen LogP contribution in [0.25, 0.3) is 6.08 Å². The van der Waals surface area contributed by atoms with Crippen LogP contribution in [0.2, 0.25) is 0 Å². The van der Waals surface area contributed by atoms with Crippen LogP contribution in [0.15, 0.2) is 16.6 Å². The van der Waals surface area contributed by atoms with Crippen LogP contribution in [0.5, 0.6) is 0 Å². The number of aryl methyl sites for hydroxylation is 1. The molecule has 0 heterocycles. The molecular weight excluding hydrogens is 236 g/mol. The van der Waals surface area contributed by atoms with Gasteiger partial charge in [0, 0.05) is 4.47 Å². The molecule has 0 aliphatic heterocycles. The summed E-state index contributed by atoms with van der Waals surface area (Å²) in [5.74, 6) is 0. The first-order chi connectivity index (χ1) is 6.86. The zero-order chi connectivity index (χ0) is 9.54. The molecule has 0 spiro atoms. The largest absolute Gasteiger partial charge is 0.0795 e. The van der Waals surface area contributed by atoms with Gasteiger partial charge in [0.05, 0.1) is 0 Å². The van der Waals surface area contributed by atoms with Gasteiger partial charge in [-0.3, -0.25) is 0 Å². The highest BCUT2D eigenvalue weighted by Crippen LogP contribution is 2.36. The summed E-state index contributed by atoms with van der Waals surface area (Å²) in [6, 6.07) is 2.43. The summed E-state index contributed by atoms with van der Waals surface area (Å²) < 4.78 is 1.37. The molecule has 0 bridgehead atoms. The van der Waals surface area contributed by atoms with Crippen molar-refractivity contribution >= 4 is 22.0 Å². The van der Waals surface area contributed by atoms with E-state index in [1.165, 1.54) is 41.3 Å². The van der Waals surface area contributed by atoms with Crippen molar-refractivity contribution < 1.29 is 0 Å². The normalized spacial score (nSPS) is 18.1. The van der Waals surface area contributed by atoms with Gasteiger partial charge in [-0.15, -0.1) is 0 Å². The van der Waals surface area contributed by atoms with Gasteiger partial charge in [0.25, 0.3) is 0 Å². The van der Waals surface area contributed by atoms with Gasteiger partial charge >= 0.3 is 0 Å². The molecule has 0 atom stereocenters. The standard InChI is InChI=1S/C13H13Br/c14-13-11-6-2-1-4-9(11)8-10-5-3-7-12(10)13/h3,7-8H,1-2,4-6H2. The van der Waals surface area contributed by atoms with E-state index >= 15 is 0 Å². The van der Waals surface area contributed by atoms with Gasteiger partial charge in [-0.2, -0.15) is 0 Å². The van der Waals surface area contributed by atoms with E-state index in [4.69, 9.17) is 0 Å². The molecule has 14 heavy (non-hydrogen) atoms. The number of hydrogen-bond donors (Lipinski definition) is 0. The van der Waals surface area contributed by atoms with Crippen LogP contribution in [0, 0.1) is 0 Å². The number of allylic oxidation sites excluding steroid dienone is 1. The van der Waals surface area contributed by atoms with Gasteiger partial charge in [-0.25, -0.2) is 0 Å². The monoisotopic (exact) mass is 248 g/mol. The van der Waals surface area contributed by atoms with Gasteiger partial charge in [0.15, 0.2) is 0 Å². The van der Waals surface area contributed by atoms with Crippen LogP contribution >= 0.6 is 15.9 Å². The van der Waals surface area contributed by atoms with Gasteiger partial charge in [-0.1, -0.05) is 18.2 Å². The maximum atomic E-state index is 3.77. The van der Waals surface area contributed by atoms with Gasteiger partial charge < -0.3 is 0 Å². The number of halogens is 1. The second kappa shape index (κ2) is 3.23. The Balaban J connectivity index is 2.23. The maximum absolute atomic E-state index is 3.77. The van der Waals surface area contributed by atoms with Crippen LogP contribution < -0.4 is 0 Å². The smallest absolute Gasteiger partial charge is 0.0285 e. The fourth-order valence-electron chi connectivity index (χ4n) is 2.58. The third kappa shape index (κ3) is 1.18. The number of fused-ring (bicyclic) bond motifs is 2. The summed E-state index contributed by atoms with van der Waals surface area (Å²) in [5.41, 5.74) is 6.11. The summed E-state index contributed by atoms with van der Waals surface area (Å²) in [4.78, 5) is 0. The summed E-state index contributed by atoms with van der Waals surface area (Å²) in [5, 5.41) is 0. The molecule has 72 valence electrons. The lowest BCUT2D eigenvalue weighted by Gasteiger charge is -2.19. The van der Waals surface area contributed by atoms with Crippen molar-refractivity contribution in [2.24, 2.45) is 0 Å². The lowest BCUT2D eigenvalue weighted by atomic mass is 9.88. The molecule has 0 radical (unpaired) electrons. The third-order valence-corrected chi connectivity index (χ3v) is 4.23. The Morgan fingerprint density at radius 2 is 1.93 bits per heavy atom. The van der Waals surface area contributed by atoms with Crippen LogP contribution in [0.4, 0.5) is 0 Å². The SMILES string of the molecule is Brc1c2c(cc3c1CCCC3)CC=C2. The molecule has 0 amide bonds. The van der Waals surface area contributed by atoms with Gasteiger partial charge in [0.2, 0.25) is 0 Å². The van der Waals surface area contributed by atoms with Crippen LogP contribution in [-0.4, -0.2) is 0 Å². The first-order valence-corrected chi connectivity index (χ1v) is 6.15. The van der Waals surface area contributed by atoms with Crippen molar-refractivity contribution in [1.82, 2.24) is 0 Å². The molecule has 0 saturated carbocycles. The minimum Gasteiger partial charge on any atom is -0.0795 e. The van der Waals surface area contributed by atoms with Crippen molar-refractivity contribution in [3.05, 3.63) is 38.9 Å². The highest BCUT2D eigenvalue weighted by molar-refractivity contribution is 9.10. The lowest BCUT2D eigenvalue weighted by molar-refractivity contribution is 0.682. The molecule has 0 aromatic heterocycles. The van der Waals surface area contributed by atoms with Crippen molar-refractivity contribution in [2.75, 3.05) is 0 Å². The Morgan fingerprint density at radius 1 is 1.07 bits per heavy atom. The minimum atomic E-state index is 1.13. The molecule has 0 nitrogen and oxygen atoms in total. The molecule has 1 heteroatoms. The summed E-state index contributed by atoms with van der Waals surface area (Å²) >= 11 is 3.77. The van der Waals surface area contributed by atoms with Crippen molar-refractivity contribution in [2.45, 2.75) is 32.1 Å². The average Bonchev–Trinajstić information content (AvgIpc) is 2.66. The Labute approximate surface area is 93.2 Å². The van der Waals surface area contributed by atoms with E-state index in [1.54, 1.807) is 11.1 Å². The molecule has 0 fully saturated rings. The van der Waals surface area contributed by atoms with Crippen molar-refractivity contribution in [3.8, 4) is 0 Å². The van der Waals surface area contributed by atoms with E-state index in [9.17, 15) is 0 Å². The summed E-state index contributed by atoms with van der Waals surface area (Å²) in [6.07, 6.45) is 10.9. The van der Waals surface area contributed by atoms with Crippen molar-refractivity contribution in [3.63, 3.8) is 0 Å². The molecule has 0 N–H and O–H groups in total. The fourth-order valence-corrected chi connectivity index (χ4v) is 3.42. The summed E-state index contributed by atoms with van der Waals surface area (Å²) in [7, 11) is 0. The molecular formula is C13H13Br. The Bertz CT molecular complexity index is 416. The van der Waals surface area contributed by atoms with E-state index in [-0.39, 0.29) is 0 Å². The van der Waals surface area contributed by atoms with Crippen LogP contribution in [-0.2, 0) is 19.3 Å². The van der Waals surface area contributed by atoms with E-state index in [0.717, 1.165) is 6.42 Å². The molecule has 0 saturated heterocycles. The molecule has 1 aromatic carbocycles. The predicted molar refractivity (Wildman–Crippen MR) is 63.5 cm³/mol. The zero-order valence-corrected chi connectivity index (χ0v) is 9.73. The van der Waals surface area contributed by atoms with Crippen LogP contribution in [0.3, 0.4) is 0 Å². The first-order valence-electron chi connectivity index (χ1n) is 5.36. The lowest BCUT2D eigenvalue weighted by Crippen LogP contribution is -2.05. The van der Waals surface area contributed by atoms with E-state index < -0.39 is 0 Å². The van der Waals surface area contributed by atoms with E-state index in [2.05, 4.69) is 34.1 Å². The van der Waals surface area contributed by atoms with E-state index in [1.807, 2.05) is 0 Å². The highest BCUT2D eigenvalue weighted by Gasteiger charge is 2.18. The second-order valence-corrected chi connectivity index (χ2v) is 5.01. The quantitative estimate of drug-likeness (QED) is 0.654. The number of hydrogen-bond acceptors (Lipinski definition) is 0. The molecule has 2 aliphatic carbocycles. The number of benzene rings is 1. The second-order valence-electron chi connectivity index (χ2n) is 4.21. The summed E-state index contributed by atoms with van der Waals surface area (Å²) in [6.45, 7) is 0. The van der Waals surface area contributed by atoms with Gasteiger partial charge in [0.1, 0.15) is 0 Å². The Hall–Kier alpha value is -0.560. The first kappa shape index (κ1) is 8.72. The van der Waals surface area contributed by atoms with E-state index in [0.29, 0.717) is 0 Å². The molecule has 1 aromatic rings. The van der Waals surface area contributed by atoms with Gasteiger partial charge in [-0.05, 0) is 70.3 Å². The third-order valence-electron chi connectivity index (χ3n) is 3.33. The minimum absolute atomic E-state index is 1.13. The topological polar surface area (TPSA) is 0 Å². The predicted octanol–water partition coefficient (Wildman–Crippen LogP) is 3.90. The average molecular weight is 249 g/mol. The maximum Gasteiger partial charge on any atom is 0.0285 e. The van der Waals surface area contributed by atoms with Crippen molar-refractivity contribution in [1.29, 1.82) is 0 Å². The fraction of sp³-hybridized carbons (Fsp3) is 0.385. The Kier molecular flexibility index (Phi) is 2.01.